The van der Waals surface area contributed by atoms with Gasteiger partial charge in [0, 0.05) is 11.6 Å². The average Bonchev–Trinajstić information content (AvgIpc) is 2.36. The van der Waals surface area contributed by atoms with Crippen LogP contribution in [0.25, 0.3) is 0 Å². The van der Waals surface area contributed by atoms with E-state index in [0.717, 1.165) is 5.56 Å². The maximum Gasteiger partial charge on any atom is 0.121 e. The van der Waals surface area contributed by atoms with Crippen LogP contribution in [0.15, 0.2) is 52.9 Å². The van der Waals surface area contributed by atoms with Crippen molar-refractivity contribution in [2.45, 2.75) is 13.8 Å². The number of hydrogen-bond acceptors (Lipinski definition) is 1. The molecule has 0 radical (unpaired) electrons. The lowest BCUT2D eigenvalue weighted by molar-refractivity contribution is 0.663. The molecule has 1 nitrogen and oxygen atoms in total. The van der Waals surface area contributed by atoms with Gasteiger partial charge in [-0.1, -0.05) is 29.7 Å². The smallest absolute Gasteiger partial charge is 0.121 e. The van der Waals surface area contributed by atoms with Crippen molar-refractivity contribution in [1.82, 2.24) is 0 Å². The zero-order valence-corrected chi connectivity index (χ0v) is 10.00. The van der Waals surface area contributed by atoms with E-state index in [4.69, 9.17) is 0 Å². The van der Waals surface area contributed by atoms with Crippen molar-refractivity contribution < 1.29 is 4.39 Å². The standard InChI is InChI=1S/C15H14FN/c1-4-14(16)11-15(17-3)10-9-13-7-5-12(2)6-8-13/h4-8,11H,3H2,1-2H3/b14-4+,15-11-. The zero-order valence-electron chi connectivity index (χ0n) is 10.00. The molecule has 0 saturated heterocycles. The number of rotatable bonds is 2. The van der Waals surface area contributed by atoms with E-state index in [1.165, 1.54) is 17.7 Å². The topological polar surface area (TPSA) is 12.4 Å². The molecule has 0 saturated carbocycles. The molecule has 0 amide bonds. The Balaban J connectivity index is 2.93. The zero-order chi connectivity index (χ0) is 12.7. The highest BCUT2D eigenvalue weighted by atomic mass is 19.1. The van der Waals surface area contributed by atoms with Crippen LogP contribution in [-0.2, 0) is 0 Å². The van der Waals surface area contributed by atoms with E-state index >= 15 is 0 Å². The summed E-state index contributed by atoms with van der Waals surface area (Å²) in [7, 11) is 0. The van der Waals surface area contributed by atoms with Gasteiger partial charge in [-0.3, -0.25) is 4.99 Å². The Bertz CT molecular complexity index is 510. The molecule has 0 unspecified atom stereocenters. The van der Waals surface area contributed by atoms with E-state index < -0.39 is 0 Å². The Labute approximate surface area is 101 Å². The van der Waals surface area contributed by atoms with Crippen molar-refractivity contribution in [3.05, 3.63) is 59.1 Å². The molecule has 0 heterocycles. The van der Waals surface area contributed by atoms with Crippen LogP contribution in [0.2, 0.25) is 0 Å². The summed E-state index contributed by atoms with van der Waals surface area (Å²) in [6.45, 7) is 6.98. The normalized spacial score (nSPS) is 11.7. The second-order valence-corrected chi connectivity index (χ2v) is 3.48. The van der Waals surface area contributed by atoms with Crippen molar-refractivity contribution in [3.63, 3.8) is 0 Å². The molecule has 0 N–H and O–H groups in total. The summed E-state index contributed by atoms with van der Waals surface area (Å²) in [6.07, 6.45) is 2.60. The van der Waals surface area contributed by atoms with E-state index in [2.05, 4.69) is 23.6 Å². The van der Waals surface area contributed by atoms with E-state index in [-0.39, 0.29) is 5.83 Å². The predicted octanol–water partition coefficient (Wildman–Crippen LogP) is 3.80. The minimum absolute atomic E-state index is 0.321. The second kappa shape index (κ2) is 6.44. The van der Waals surface area contributed by atoms with Gasteiger partial charge < -0.3 is 0 Å². The van der Waals surface area contributed by atoms with Crippen LogP contribution in [0.1, 0.15) is 18.1 Å². The van der Waals surface area contributed by atoms with Crippen LogP contribution < -0.4 is 0 Å². The average molecular weight is 227 g/mol. The van der Waals surface area contributed by atoms with Gasteiger partial charge in [-0.05, 0) is 38.6 Å². The Morgan fingerprint density at radius 3 is 2.53 bits per heavy atom. The highest BCUT2D eigenvalue weighted by Crippen LogP contribution is 2.05. The van der Waals surface area contributed by atoms with Crippen LogP contribution in [-0.4, -0.2) is 6.72 Å². The molecule has 0 spiro atoms. The number of benzene rings is 1. The lowest BCUT2D eigenvalue weighted by atomic mass is 10.1. The lowest BCUT2D eigenvalue weighted by Crippen LogP contribution is -1.77. The van der Waals surface area contributed by atoms with Crippen LogP contribution in [0.3, 0.4) is 0 Å². The number of aliphatic imine (C=N–C) groups is 1. The Hall–Kier alpha value is -2.14. The van der Waals surface area contributed by atoms with E-state index in [0.29, 0.717) is 5.70 Å². The highest BCUT2D eigenvalue weighted by Gasteiger charge is 1.91. The van der Waals surface area contributed by atoms with Gasteiger partial charge in [-0.15, -0.1) is 0 Å². The fourth-order valence-electron chi connectivity index (χ4n) is 1.11. The monoisotopic (exact) mass is 227 g/mol. The van der Waals surface area contributed by atoms with Crippen molar-refractivity contribution in [2.24, 2.45) is 4.99 Å². The molecule has 0 aromatic heterocycles. The van der Waals surface area contributed by atoms with Crippen molar-refractivity contribution in [1.29, 1.82) is 0 Å². The lowest BCUT2D eigenvalue weighted by Gasteiger charge is -1.92. The second-order valence-electron chi connectivity index (χ2n) is 3.48. The largest absolute Gasteiger partial charge is 0.255 e. The molecule has 0 aliphatic rings. The van der Waals surface area contributed by atoms with Gasteiger partial charge in [0.2, 0.25) is 0 Å². The van der Waals surface area contributed by atoms with E-state index in [1.54, 1.807) is 6.92 Å². The maximum absolute atomic E-state index is 13.0. The molecule has 0 aliphatic carbocycles. The van der Waals surface area contributed by atoms with Gasteiger partial charge in [-0.2, -0.15) is 0 Å². The molecule has 0 aliphatic heterocycles. The Kier molecular flexibility index (Phi) is 4.90. The fraction of sp³-hybridized carbons (Fsp3) is 0.133. The third-order valence-corrected chi connectivity index (χ3v) is 2.11. The summed E-state index contributed by atoms with van der Waals surface area (Å²) < 4.78 is 13.0. The first-order chi connectivity index (χ1) is 8.15. The first kappa shape index (κ1) is 12.9. The summed E-state index contributed by atoms with van der Waals surface area (Å²) in [5.74, 6) is 5.31. The minimum Gasteiger partial charge on any atom is -0.255 e. The predicted molar refractivity (Wildman–Crippen MR) is 70.6 cm³/mol. The maximum atomic E-state index is 13.0. The molecule has 0 fully saturated rings. The molecule has 17 heavy (non-hydrogen) atoms. The van der Waals surface area contributed by atoms with Crippen LogP contribution in [0.4, 0.5) is 4.39 Å². The number of halogens is 1. The summed E-state index contributed by atoms with van der Waals surface area (Å²) >= 11 is 0. The SMILES string of the molecule is C=N/C(C#Cc1ccc(C)cc1)=C\C(F)=C/C. The molecule has 1 aromatic rings. The van der Waals surface area contributed by atoms with Crippen LogP contribution in [0, 0.1) is 18.8 Å². The molecule has 2 heteroatoms. The van der Waals surface area contributed by atoms with Gasteiger partial charge in [0.15, 0.2) is 0 Å². The summed E-state index contributed by atoms with van der Waals surface area (Å²) in [5.41, 5.74) is 2.36. The summed E-state index contributed by atoms with van der Waals surface area (Å²) in [4.78, 5) is 3.67. The Morgan fingerprint density at radius 1 is 1.35 bits per heavy atom. The number of allylic oxidation sites excluding steroid dienone is 4. The van der Waals surface area contributed by atoms with E-state index in [9.17, 15) is 4.39 Å². The quantitative estimate of drug-likeness (QED) is 0.414. The molecule has 1 rings (SSSR count). The molecular weight excluding hydrogens is 213 g/mol. The number of hydrogen-bond donors (Lipinski definition) is 0. The Morgan fingerprint density at radius 2 is 2.00 bits per heavy atom. The minimum atomic E-state index is -0.370. The highest BCUT2D eigenvalue weighted by molar-refractivity contribution is 5.45. The molecular formula is C15H14FN. The van der Waals surface area contributed by atoms with Gasteiger partial charge in [0.25, 0.3) is 0 Å². The van der Waals surface area contributed by atoms with Crippen molar-refractivity contribution >= 4 is 6.72 Å². The fourth-order valence-corrected chi connectivity index (χ4v) is 1.11. The third kappa shape index (κ3) is 4.48. The molecule has 0 bridgehead atoms. The number of nitrogens with zero attached hydrogens (tertiary/aromatic N) is 1. The van der Waals surface area contributed by atoms with Crippen molar-refractivity contribution in [2.75, 3.05) is 0 Å². The van der Waals surface area contributed by atoms with Gasteiger partial charge >= 0.3 is 0 Å². The van der Waals surface area contributed by atoms with Gasteiger partial charge in [-0.25, -0.2) is 4.39 Å². The third-order valence-electron chi connectivity index (χ3n) is 2.11. The van der Waals surface area contributed by atoms with Crippen LogP contribution in [0.5, 0.6) is 0 Å². The summed E-state index contributed by atoms with van der Waals surface area (Å²) in [6, 6.07) is 7.77. The van der Waals surface area contributed by atoms with Crippen LogP contribution >= 0.6 is 0 Å². The van der Waals surface area contributed by atoms with Gasteiger partial charge in [0.05, 0.1) is 0 Å². The number of aryl methyl sites for hydroxylation is 1. The molecule has 1 aromatic carbocycles. The molecule has 86 valence electrons. The van der Waals surface area contributed by atoms with E-state index in [1.807, 2.05) is 31.2 Å². The summed E-state index contributed by atoms with van der Waals surface area (Å²) in [5, 5.41) is 0. The molecule has 0 atom stereocenters. The van der Waals surface area contributed by atoms with Gasteiger partial charge in [0.1, 0.15) is 11.5 Å². The van der Waals surface area contributed by atoms with Crippen molar-refractivity contribution in [3.8, 4) is 11.8 Å². The first-order valence-electron chi connectivity index (χ1n) is 5.24. The first-order valence-corrected chi connectivity index (χ1v) is 5.24.